The summed E-state index contributed by atoms with van der Waals surface area (Å²) in [7, 11) is 2.16. The van der Waals surface area contributed by atoms with Crippen LogP contribution in [-0.4, -0.2) is 4.57 Å². The number of nitrogens with zero attached hydrogens (tertiary/aromatic N) is 1. The fraction of sp³-hybridized carbons (Fsp3) is 0.0345. The van der Waals surface area contributed by atoms with E-state index in [1.54, 1.807) is 0 Å². The number of rotatable bonds is 2. The van der Waals surface area contributed by atoms with Crippen molar-refractivity contribution in [1.82, 2.24) is 4.57 Å². The van der Waals surface area contributed by atoms with Gasteiger partial charge in [-0.05, 0) is 50.9 Å². The summed E-state index contributed by atoms with van der Waals surface area (Å²) in [6, 6.07) is 39.5. The molecule has 1 aromatic heterocycles. The van der Waals surface area contributed by atoms with Crippen molar-refractivity contribution in [1.29, 1.82) is 0 Å². The van der Waals surface area contributed by atoms with Crippen LogP contribution in [0.5, 0.6) is 0 Å². The Morgan fingerprint density at radius 1 is 0.500 bits per heavy atom. The van der Waals surface area contributed by atoms with Gasteiger partial charge in [0.2, 0.25) is 0 Å². The van der Waals surface area contributed by atoms with E-state index < -0.39 is 0 Å². The first-order valence-corrected chi connectivity index (χ1v) is 10.4. The molecule has 6 rings (SSSR count). The van der Waals surface area contributed by atoms with Gasteiger partial charge in [0.25, 0.3) is 0 Å². The van der Waals surface area contributed by atoms with Crippen LogP contribution in [0.2, 0.25) is 0 Å². The highest BCUT2D eigenvalue weighted by atomic mass is 14.9. The van der Waals surface area contributed by atoms with Crippen molar-refractivity contribution in [3.8, 4) is 22.4 Å². The second kappa shape index (κ2) is 6.60. The maximum absolute atomic E-state index is 2.33. The lowest BCUT2D eigenvalue weighted by atomic mass is 9.97. The maximum atomic E-state index is 2.33. The van der Waals surface area contributed by atoms with E-state index in [4.69, 9.17) is 0 Å². The van der Waals surface area contributed by atoms with Crippen LogP contribution in [-0.2, 0) is 7.05 Å². The first-order valence-electron chi connectivity index (χ1n) is 10.4. The number of hydrogen-bond acceptors (Lipinski definition) is 0. The molecule has 0 unspecified atom stereocenters. The van der Waals surface area contributed by atoms with Gasteiger partial charge in [-0.15, -0.1) is 0 Å². The van der Waals surface area contributed by atoms with E-state index >= 15 is 0 Å². The average molecular weight is 383 g/mol. The van der Waals surface area contributed by atoms with Crippen LogP contribution in [0.15, 0.2) is 109 Å². The van der Waals surface area contributed by atoms with Crippen LogP contribution in [0.25, 0.3) is 54.8 Å². The average Bonchev–Trinajstić information content (AvgIpc) is 3.14. The Morgan fingerprint density at radius 3 is 1.83 bits per heavy atom. The van der Waals surface area contributed by atoms with E-state index in [-0.39, 0.29) is 0 Å². The molecule has 0 radical (unpaired) electrons. The molecular formula is C29H21N. The SMILES string of the molecule is Cn1c(-c2cccc3ccccc23)cc2cc(-c3cccc4ccccc34)ccc21. The van der Waals surface area contributed by atoms with Gasteiger partial charge in [0.1, 0.15) is 0 Å². The molecule has 0 N–H and O–H groups in total. The van der Waals surface area contributed by atoms with Crippen LogP contribution >= 0.6 is 0 Å². The van der Waals surface area contributed by atoms with Crippen LogP contribution in [0.3, 0.4) is 0 Å². The summed E-state index contributed by atoms with van der Waals surface area (Å²) >= 11 is 0. The molecule has 5 aromatic carbocycles. The van der Waals surface area contributed by atoms with Crippen molar-refractivity contribution in [3.05, 3.63) is 109 Å². The van der Waals surface area contributed by atoms with E-state index in [0.717, 1.165) is 0 Å². The molecule has 6 aromatic rings. The zero-order valence-corrected chi connectivity index (χ0v) is 16.8. The predicted octanol–water partition coefficient (Wildman–Crippen LogP) is 7.82. The summed E-state index contributed by atoms with van der Waals surface area (Å²) in [5.74, 6) is 0. The number of benzene rings is 5. The third-order valence-electron chi connectivity index (χ3n) is 6.21. The second-order valence-electron chi connectivity index (χ2n) is 7.92. The van der Waals surface area contributed by atoms with Crippen LogP contribution in [0.1, 0.15) is 0 Å². The quantitative estimate of drug-likeness (QED) is 0.287. The lowest BCUT2D eigenvalue weighted by Gasteiger charge is -2.09. The van der Waals surface area contributed by atoms with E-state index in [0.29, 0.717) is 0 Å². The van der Waals surface area contributed by atoms with E-state index in [2.05, 4.69) is 121 Å². The molecule has 30 heavy (non-hydrogen) atoms. The number of hydrogen-bond donors (Lipinski definition) is 0. The summed E-state index contributed by atoms with van der Waals surface area (Å²) < 4.78 is 2.31. The summed E-state index contributed by atoms with van der Waals surface area (Å²) in [5, 5.41) is 6.41. The Labute approximate surface area is 175 Å². The molecule has 0 fully saturated rings. The van der Waals surface area contributed by atoms with Crippen molar-refractivity contribution < 1.29 is 0 Å². The minimum absolute atomic E-state index is 1.25. The van der Waals surface area contributed by atoms with Gasteiger partial charge in [-0.3, -0.25) is 0 Å². The van der Waals surface area contributed by atoms with Gasteiger partial charge in [0.15, 0.2) is 0 Å². The second-order valence-corrected chi connectivity index (χ2v) is 7.92. The summed E-state index contributed by atoms with van der Waals surface area (Å²) in [6.45, 7) is 0. The van der Waals surface area contributed by atoms with Crippen LogP contribution in [0, 0.1) is 0 Å². The molecular weight excluding hydrogens is 362 g/mol. The lowest BCUT2D eigenvalue weighted by molar-refractivity contribution is 0.980. The van der Waals surface area contributed by atoms with Gasteiger partial charge < -0.3 is 4.57 Å². The van der Waals surface area contributed by atoms with Crippen molar-refractivity contribution in [2.75, 3.05) is 0 Å². The zero-order chi connectivity index (χ0) is 20.1. The third-order valence-corrected chi connectivity index (χ3v) is 6.21. The molecule has 1 heteroatoms. The molecule has 0 atom stereocenters. The molecule has 0 saturated carbocycles. The number of aromatic nitrogens is 1. The van der Waals surface area contributed by atoms with Gasteiger partial charge in [-0.1, -0.05) is 91.0 Å². The first kappa shape index (κ1) is 17.1. The number of aryl methyl sites for hydroxylation is 1. The maximum Gasteiger partial charge on any atom is 0.0494 e. The Balaban J connectivity index is 1.57. The van der Waals surface area contributed by atoms with Crippen molar-refractivity contribution in [3.63, 3.8) is 0 Å². The molecule has 0 aliphatic rings. The van der Waals surface area contributed by atoms with Crippen LogP contribution in [0.4, 0.5) is 0 Å². The van der Waals surface area contributed by atoms with Gasteiger partial charge in [-0.2, -0.15) is 0 Å². The van der Waals surface area contributed by atoms with Crippen molar-refractivity contribution >= 4 is 32.4 Å². The third kappa shape index (κ3) is 2.56. The molecule has 1 nitrogen and oxygen atoms in total. The minimum atomic E-state index is 1.25. The fourth-order valence-electron chi connectivity index (χ4n) is 4.70. The zero-order valence-electron chi connectivity index (χ0n) is 16.8. The Kier molecular flexibility index (Phi) is 3.75. The summed E-state index contributed by atoms with van der Waals surface area (Å²) in [6.07, 6.45) is 0. The highest BCUT2D eigenvalue weighted by molar-refractivity contribution is 6.02. The van der Waals surface area contributed by atoms with Crippen molar-refractivity contribution in [2.45, 2.75) is 0 Å². The van der Waals surface area contributed by atoms with Gasteiger partial charge >= 0.3 is 0 Å². The largest absolute Gasteiger partial charge is 0.344 e. The smallest absolute Gasteiger partial charge is 0.0494 e. The molecule has 0 saturated heterocycles. The highest BCUT2D eigenvalue weighted by Crippen LogP contribution is 2.35. The van der Waals surface area contributed by atoms with Gasteiger partial charge in [0, 0.05) is 29.2 Å². The van der Waals surface area contributed by atoms with E-state index in [1.807, 2.05) is 0 Å². The summed E-state index contributed by atoms with van der Waals surface area (Å²) in [5.41, 5.74) is 6.32. The van der Waals surface area contributed by atoms with E-state index in [9.17, 15) is 0 Å². The fourth-order valence-corrected chi connectivity index (χ4v) is 4.70. The Morgan fingerprint density at radius 2 is 1.10 bits per heavy atom. The number of fused-ring (bicyclic) bond motifs is 3. The highest BCUT2D eigenvalue weighted by Gasteiger charge is 2.12. The molecule has 0 aliphatic heterocycles. The monoisotopic (exact) mass is 383 g/mol. The lowest BCUT2D eigenvalue weighted by Crippen LogP contribution is -1.92. The van der Waals surface area contributed by atoms with Gasteiger partial charge in [-0.25, -0.2) is 0 Å². The Bertz CT molecular complexity index is 1540. The van der Waals surface area contributed by atoms with Crippen molar-refractivity contribution in [2.24, 2.45) is 7.05 Å². The standard InChI is InChI=1S/C29H21N/c1-30-28-17-16-22(26-14-6-10-20-8-2-4-12-24(20)26)18-23(28)19-29(30)27-15-7-11-21-9-3-5-13-25(21)27/h2-19H,1H3. The van der Waals surface area contributed by atoms with Gasteiger partial charge in [0.05, 0.1) is 0 Å². The summed E-state index contributed by atoms with van der Waals surface area (Å²) in [4.78, 5) is 0. The normalized spacial score (nSPS) is 11.5. The van der Waals surface area contributed by atoms with Crippen LogP contribution < -0.4 is 0 Å². The molecule has 1 heterocycles. The topological polar surface area (TPSA) is 4.93 Å². The molecule has 0 spiro atoms. The minimum Gasteiger partial charge on any atom is -0.344 e. The Hall–Kier alpha value is -3.84. The molecule has 142 valence electrons. The molecule has 0 bridgehead atoms. The first-order chi connectivity index (χ1) is 14.8. The molecule has 0 amide bonds. The molecule has 0 aliphatic carbocycles. The van der Waals surface area contributed by atoms with E-state index in [1.165, 1.54) is 54.8 Å². The predicted molar refractivity (Wildman–Crippen MR) is 129 cm³/mol.